The molecule has 4 heteroatoms. The first-order valence-electron chi connectivity index (χ1n) is 2.54. The van der Waals surface area contributed by atoms with Gasteiger partial charge in [-0.3, -0.25) is 5.01 Å². The van der Waals surface area contributed by atoms with Gasteiger partial charge in [0.2, 0.25) is 0 Å². The van der Waals surface area contributed by atoms with Crippen molar-refractivity contribution >= 4 is 15.9 Å². The van der Waals surface area contributed by atoms with Crippen molar-refractivity contribution < 1.29 is 0 Å². The van der Waals surface area contributed by atoms with E-state index in [0.29, 0.717) is 0 Å². The fourth-order valence-electron chi connectivity index (χ4n) is 0.561. The highest BCUT2D eigenvalue weighted by atomic mass is 79.9. The second kappa shape index (κ2) is 2.51. The zero-order valence-corrected chi connectivity index (χ0v) is 6.38. The first-order valence-corrected chi connectivity index (χ1v) is 3.33. The molecule has 1 aliphatic heterocycles. The summed E-state index contributed by atoms with van der Waals surface area (Å²) in [5.74, 6) is 5.40. The topological polar surface area (TPSA) is 55.3 Å². The first kappa shape index (κ1) is 6.80. The summed E-state index contributed by atoms with van der Waals surface area (Å²) in [6.45, 7) is 0. The second-order valence-electron chi connectivity index (χ2n) is 1.81. The van der Waals surface area contributed by atoms with Gasteiger partial charge in [-0.05, 0) is 12.2 Å². The molecule has 9 heavy (non-hydrogen) atoms. The highest BCUT2D eigenvalue weighted by molar-refractivity contribution is 9.11. The number of rotatable bonds is 0. The number of hydrogen-bond acceptors (Lipinski definition) is 3. The second-order valence-corrected chi connectivity index (χ2v) is 2.72. The van der Waals surface area contributed by atoms with E-state index in [0.717, 1.165) is 4.48 Å². The van der Waals surface area contributed by atoms with Crippen LogP contribution in [-0.2, 0) is 0 Å². The Labute approximate surface area is 62.1 Å². The van der Waals surface area contributed by atoms with E-state index in [1.165, 1.54) is 5.01 Å². The van der Waals surface area contributed by atoms with Crippen LogP contribution in [0.4, 0.5) is 0 Å². The van der Waals surface area contributed by atoms with Crippen molar-refractivity contribution in [2.24, 2.45) is 11.6 Å². The van der Waals surface area contributed by atoms with Crippen LogP contribution < -0.4 is 11.6 Å². The van der Waals surface area contributed by atoms with Gasteiger partial charge in [-0.25, -0.2) is 5.84 Å². The SMILES string of the molecule is NC1C=C(Br)C=CN1N. The summed E-state index contributed by atoms with van der Waals surface area (Å²) in [7, 11) is 0. The molecule has 0 aromatic rings. The minimum atomic E-state index is -0.204. The van der Waals surface area contributed by atoms with Crippen LogP contribution in [0.5, 0.6) is 0 Å². The Morgan fingerprint density at radius 3 is 2.78 bits per heavy atom. The van der Waals surface area contributed by atoms with Crippen molar-refractivity contribution in [3.8, 4) is 0 Å². The third-order valence-electron chi connectivity index (χ3n) is 1.08. The number of halogens is 1. The van der Waals surface area contributed by atoms with E-state index in [9.17, 15) is 0 Å². The predicted octanol–water partition coefficient (Wildman–Crippen LogP) is 0.253. The van der Waals surface area contributed by atoms with Gasteiger partial charge < -0.3 is 5.73 Å². The van der Waals surface area contributed by atoms with Crippen LogP contribution in [0, 0.1) is 0 Å². The number of hydrogen-bond donors (Lipinski definition) is 2. The normalized spacial score (nSPS) is 26.3. The molecule has 0 saturated carbocycles. The smallest absolute Gasteiger partial charge is 0.112 e. The Balaban J connectivity index is 2.70. The summed E-state index contributed by atoms with van der Waals surface area (Å²) < 4.78 is 0.969. The maximum atomic E-state index is 5.51. The Morgan fingerprint density at radius 1 is 1.67 bits per heavy atom. The zero-order chi connectivity index (χ0) is 6.85. The van der Waals surface area contributed by atoms with Crippen LogP contribution in [0.1, 0.15) is 0 Å². The average molecular weight is 190 g/mol. The molecule has 1 heterocycles. The lowest BCUT2D eigenvalue weighted by molar-refractivity contribution is 0.334. The molecule has 0 aromatic carbocycles. The molecule has 0 fully saturated rings. The molecule has 0 aliphatic carbocycles. The van der Waals surface area contributed by atoms with E-state index in [1.54, 1.807) is 6.20 Å². The highest BCUT2D eigenvalue weighted by Gasteiger charge is 2.06. The van der Waals surface area contributed by atoms with Crippen molar-refractivity contribution in [1.29, 1.82) is 0 Å². The maximum absolute atomic E-state index is 5.51. The van der Waals surface area contributed by atoms with Gasteiger partial charge in [0, 0.05) is 10.7 Å². The number of allylic oxidation sites excluding steroid dienone is 2. The molecule has 1 atom stereocenters. The Bertz CT molecular complexity index is 164. The predicted molar refractivity (Wildman–Crippen MR) is 40.2 cm³/mol. The Kier molecular flexibility index (Phi) is 1.90. The summed E-state index contributed by atoms with van der Waals surface area (Å²) in [5, 5.41) is 1.44. The summed E-state index contributed by atoms with van der Waals surface area (Å²) in [5.41, 5.74) is 5.51. The van der Waals surface area contributed by atoms with Gasteiger partial charge in [0.25, 0.3) is 0 Å². The fourth-order valence-corrected chi connectivity index (χ4v) is 0.950. The minimum Gasteiger partial charge on any atom is -0.307 e. The molecular formula is C5H8BrN3. The van der Waals surface area contributed by atoms with Crippen molar-refractivity contribution in [1.82, 2.24) is 5.01 Å². The number of hydrazine groups is 1. The maximum Gasteiger partial charge on any atom is 0.112 e. The van der Waals surface area contributed by atoms with Crippen molar-refractivity contribution in [2.45, 2.75) is 6.17 Å². The molecule has 4 N–H and O–H groups in total. The van der Waals surface area contributed by atoms with Gasteiger partial charge in [-0.1, -0.05) is 15.9 Å². The number of nitrogens with zero attached hydrogens (tertiary/aromatic N) is 1. The molecule has 0 bridgehead atoms. The summed E-state index contributed by atoms with van der Waals surface area (Å²) in [6, 6.07) is 0. The van der Waals surface area contributed by atoms with Gasteiger partial charge in [-0.15, -0.1) is 0 Å². The van der Waals surface area contributed by atoms with Crippen LogP contribution in [0.25, 0.3) is 0 Å². The Hall–Kier alpha value is -0.320. The highest BCUT2D eigenvalue weighted by Crippen LogP contribution is 2.12. The monoisotopic (exact) mass is 189 g/mol. The van der Waals surface area contributed by atoms with Crippen LogP contribution in [-0.4, -0.2) is 11.2 Å². The van der Waals surface area contributed by atoms with Gasteiger partial charge in [0.1, 0.15) is 6.17 Å². The molecule has 0 saturated heterocycles. The zero-order valence-electron chi connectivity index (χ0n) is 4.79. The molecule has 0 amide bonds. The van der Waals surface area contributed by atoms with Crippen LogP contribution >= 0.6 is 15.9 Å². The molecular weight excluding hydrogens is 182 g/mol. The molecule has 0 aromatic heterocycles. The fraction of sp³-hybridized carbons (Fsp3) is 0.200. The third kappa shape index (κ3) is 1.54. The van der Waals surface area contributed by atoms with Gasteiger partial charge in [-0.2, -0.15) is 0 Å². The van der Waals surface area contributed by atoms with E-state index in [1.807, 2.05) is 12.2 Å². The van der Waals surface area contributed by atoms with Crippen molar-refractivity contribution in [3.05, 3.63) is 22.8 Å². The molecule has 1 unspecified atom stereocenters. The largest absolute Gasteiger partial charge is 0.307 e. The molecule has 50 valence electrons. The first-order chi connectivity index (χ1) is 4.20. The van der Waals surface area contributed by atoms with E-state index < -0.39 is 0 Å². The van der Waals surface area contributed by atoms with Crippen molar-refractivity contribution in [3.63, 3.8) is 0 Å². The summed E-state index contributed by atoms with van der Waals surface area (Å²) >= 11 is 3.27. The van der Waals surface area contributed by atoms with Crippen LogP contribution in [0.3, 0.4) is 0 Å². The van der Waals surface area contributed by atoms with Crippen LogP contribution in [0.15, 0.2) is 22.8 Å². The molecule has 1 aliphatic rings. The number of nitrogens with two attached hydrogens (primary N) is 2. The van der Waals surface area contributed by atoms with Crippen molar-refractivity contribution in [2.75, 3.05) is 0 Å². The third-order valence-corrected chi connectivity index (χ3v) is 1.61. The standard InChI is InChI=1S/C5H8BrN3/c6-4-1-2-9(8)5(7)3-4/h1-3,5H,7-8H2. The minimum absolute atomic E-state index is 0.204. The summed E-state index contributed by atoms with van der Waals surface area (Å²) in [4.78, 5) is 0. The van der Waals surface area contributed by atoms with Gasteiger partial charge >= 0.3 is 0 Å². The van der Waals surface area contributed by atoms with Crippen LogP contribution in [0.2, 0.25) is 0 Å². The lowest BCUT2D eigenvalue weighted by atomic mass is 10.3. The average Bonchev–Trinajstić information content (AvgIpc) is 1.80. The van der Waals surface area contributed by atoms with E-state index in [4.69, 9.17) is 11.6 Å². The molecule has 0 spiro atoms. The quantitative estimate of drug-likeness (QED) is 0.538. The molecule has 3 nitrogen and oxygen atoms in total. The lowest BCUT2D eigenvalue weighted by Gasteiger charge is -2.21. The molecule has 0 radical (unpaired) electrons. The van der Waals surface area contributed by atoms with E-state index >= 15 is 0 Å². The summed E-state index contributed by atoms with van der Waals surface area (Å²) in [6.07, 6.45) is 5.17. The lowest BCUT2D eigenvalue weighted by Crippen LogP contribution is -2.42. The van der Waals surface area contributed by atoms with Gasteiger partial charge in [0.15, 0.2) is 0 Å². The van der Waals surface area contributed by atoms with Gasteiger partial charge in [0.05, 0.1) is 0 Å². The molecule has 1 rings (SSSR count). The van der Waals surface area contributed by atoms with E-state index in [2.05, 4.69) is 15.9 Å². The van der Waals surface area contributed by atoms with E-state index in [-0.39, 0.29) is 6.17 Å². The Morgan fingerprint density at radius 2 is 2.33 bits per heavy atom.